The highest BCUT2D eigenvalue weighted by Gasteiger charge is 1.98. The molecule has 0 saturated carbocycles. The molecule has 0 bridgehead atoms. The van der Waals surface area contributed by atoms with Gasteiger partial charge in [0, 0.05) is 18.5 Å². The van der Waals surface area contributed by atoms with E-state index in [0.717, 1.165) is 17.5 Å². The lowest BCUT2D eigenvalue weighted by Crippen LogP contribution is -2.21. The van der Waals surface area contributed by atoms with Crippen LogP contribution in [0.5, 0.6) is 0 Å². The average Bonchev–Trinajstić information content (AvgIpc) is 2.35. The van der Waals surface area contributed by atoms with Gasteiger partial charge < -0.3 is 10.4 Å². The summed E-state index contributed by atoms with van der Waals surface area (Å²) in [5.41, 5.74) is 1.91. The third-order valence-electron chi connectivity index (χ3n) is 2.23. The fourth-order valence-corrected chi connectivity index (χ4v) is 1.36. The van der Waals surface area contributed by atoms with E-state index in [4.69, 9.17) is 5.11 Å². The number of amides is 1. The van der Waals surface area contributed by atoms with Gasteiger partial charge in [-0.1, -0.05) is 30.9 Å². The fourth-order valence-electron chi connectivity index (χ4n) is 1.36. The maximum Gasteiger partial charge on any atom is 0.220 e. The highest BCUT2D eigenvalue weighted by Crippen LogP contribution is 2.03. The van der Waals surface area contributed by atoms with Gasteiger partial charge in [0.15, 0.2) is 0 Å². The molecule has 2 N–H and O–H groups in total. The zero-order valence-electron chi connectivity index (χ0n) is 9.99. The van der Waals surface area contributed by atoms with Crippen LogP contribution in [0.15, 0.2) is 24.3 Å². The van der Waals surface area contributed by atoms with Gasteiger partial charge >= 0.3 is 0 Å². The van der Waals surface area contributed by atoms with Crippen molar-refractivity contribution in [2.24, 2.45) is 0 Å². The Morgan fingerprint density at radius 2 is 2.06 bits per heavy atom. The molecule has 0 atom stereocenters. The second kappa shape index (κ2) is 7.48. The fraction of sp³-hybridized carbons (Fsp3) is 0.357. The zero-order valence-corrected chi connectivity index (χ0v) is 9.99. The van der Waals surface area contributed by atoms with Crippen LogP contribution in [0.2, 0.25) is 0 Å². The van der Waals surface area contributed by atoms with Crippen LogP contribution in [0.1, 0.15) is 30.9 Å². The van der Waals surface area contributed by atoms with Crippen molar-refractivity contribution < 1.29 is 9.90 Å². The van der Waals surface area contributed by atoms with Gasteiger partial charge in [-0.05, 0) is 24.1 Å². The van der Waals surface area contributed by atoms with E-state index in [-0.39, 0.29) is 12.5 Å². The summed E-state index contributed by atoms with van der Waals surface area (Å²) in [6, 6.07) is 7.61. The Morgan fingerprint density at radius 1 is 1.35 bits per heavy atom. The summed E-state index contributed by atoms with van der Waals surface area (Å²) in [5, 5.41) is 11.4. The zero-order chi connectivity index (χ0) is 12.5. The molecular weight excluding hydrogens is 214 g/mol. The van der Waals surface area contributed by atoms with Crippen LogP contribution in [0.4, 0.5) is 0 Å². The van der Waals surface area contributed by atoms with E-state index in [1.165, 1.54) is 0 Å². The number of carbonyl (C=O) groups is 1. The maximum absolute atomic E-state index is 11.3. The molecule has 1 aromatic rings. The summed E-state index contributed by atoms with van der Waals surface area (Å²) < 4.78 is 0. The second-order valence-electron chi connectivity index (χ2n) is 3.68. The maximum atomic E-state index is 11.3. The van der Waals surface area contributed by atoms with Crippen molar-refractivity contribution in [2.75, 3.05) is 6.61 Å². The van der Waals surface area contributed by atoms with Gasteiger partial charge in [0.2, 0.25) is 5.91 Å². The van der Waals surface area contributed by atoms with Gasteiger partial charge in [0.05, 0.1) is 0 Å². The molecule has 0 unspecified atom stereocenters. The Hall–Kier alpha value is -1.79. The summed E-state index contributed by atoms with van der Waals surface area (Å²) in [5.74, 6) is 5.49. The normalized spacial score (nSPS) is 9.29. The Kier molecular flexibility index (Phi) is 5.84. The van der Waals surface area contributed by atoms with Crippen LogP contribution in [0, 0.1) is 11.8 Å². The summed E-state index contributed by atoms with van der Waals surface area (Å²) in [6.45, 7) is 2.40. The number of hydrogen-bond acceptors (Lipinski definition) is 2. The molecule has 0 heterocycles. The predicted molar refractivity (Wildman–Crippen MR) is 67.2 cm³/mol. The third-order valence-corrected chi connectivity index (χ3v) is 2.23. The van der Waals surface area contributed by atoms with Gasteiger partial charge in [-0.15, -0.1) is 0 Å². The highest BCUT2D eigenvalue weighted by molar-refractivity contribution is 5.75. The second-order valence-corrected chi connectivity index (χ2v) is 3.68. The number of aliphatic hydroxyl groups is 1. The molecule has 1 aromatic carbocycles. The Morgan fingerprint density at radius 3 is 2.65 bits per heavy atom. The van der Waals surface area contributed by atoms with Crippen LogP contribution >= 0.6 is 0 Å². The van der Waals surface area contributed by atoms with Gasteiger partial charge in [0.1, 0.15) is 6.61 Å². The van der Waals surface area contributed by atoms with Crippen molar-refractivity contribution in [1.29, 1.82) is 0 Å². The van der Waals surface area contributed by atoms with Gasteiger partial charge in [0.25, 0.3) is 0 Å². The largest absolute Gasteiger partial charge is 0.384 e. The Labute approximate surface area is 102 Å². The van der Waals surface area contributed by atoms with Crippen molar-refractivity contribution in [3.05, 3.63) is 35.4 Å². The Balaban J connectivity index is 2.48. The molecule has 0 aliphatic carbocycles. The molecule has 1 rings (SSSR count). The molecule has 0 spiro atoms. The molecule has 3 heteroatoms. The van der Waals surface area contributed by atoms with Gasteiger partial charge in [-0.3, -0.25) is 4.79 Å². The minimum Gasteiger partial charge on any atom is -0.384 e. The number of carbonyl (C=O) groups excluding carboxylic acids is 1. The molecule has 1 amide bonds. The van der Waals surface area contributed by atoms with Crippen molar-refractivity contribution in [2.45, 2.75) is 26.3 Å². The minimum atomic E-state index is -0.130. The van der Waals surface area contributed by atoms with Gasteiger partial charge in [-0.2, -0.15) is 0 Å². The average molecular weight is 231 g/mol. The SMILES string of the molecule is CCCC(=O)NCc1ccc(C#CCO)cc1. The van der Waals surface area contributed by atoms with Crippen molar-refractivity contribution in [3.63, 3.8) is 0 Å². The number of aliphatic hydroxyl groups excluding tert-OH is 1. The molecule has 0 saturated heterocycles. The van der Waals surface area contributed by atoms with E-state index >= 15 is 0 Å². The van der Waals surface area contributed by atoms with Crippen LogP contribution in [0.25, 0.3) is 0 Å². The molecule has 0 aliphatic rings. The lowest BCUT2D eigenvalue weighted by molar-refractivity contribution is -0.121. The van der Waals surface area contributed by atoms with Crippen molar-refractivity contribution >= 4 is 5.91 Å². The summed E-state index contributed by atoms with van der Waals surface area (Å²) in [6.07, 6.45) is 1.43. The first-order valence-electron chi connectivity index (χ1n) is 5.71. The van der Waals surface area contributed by atoms with E-state index in [9.17, 15) is 4.79 Å². The third kappa shape index (κ3) is 5.19. The lowest BCUT2D eigenvalue weighted by atomic mass is 10.1. The van der Waals surface area contributed by atoms with Crippen molar-refractivity contribution in [1.82, 2.24) is 5.32 Å². The Bertz CT molecular complexity index is 412. The molecule has 0 fully saturated rings. The first-order chi connectivity index (χ1) is 8.26. The van der Waals surface area contributed by atoms with E-state index in [2.05, 4.69) is 17.2 Å². The number of benzene rings is 1. The number of nitrogens with one attached hydrogen (secondary N) is 1. The van der Waals surface area contributed by atoms with Crippen LogP contribution in [-0.2, 0) is 11.3 Å². The molecule has 0 radical (unpaired) electrons. The van der Waals surface area contributed by atoms with Crippen LogP contribution < -0.4 is 5.32 Å². The quantitative estimate of drug-likeness (QED) is 0.770. The number of rotatable bonds is 4. The topological polar surface area (TPSA) is 49.3 Å². The van der Waals surface area contributed by atoms with Crippen molar-refractivity contribution in [3.8, 4) is 11.8 Å². The molecule has 17 heavy (non-hydrogen) atoms. The predicted octanol–water partition coefficient (Wildman–Crippen LogP) is 1.45. The molecule has 3 nitrogen and oxygen atoms in total. The first-order valence-corrected chi connectivity index (χ1v) is 5.71. The minimum absolute atomic E-state index is 0.0802. The first kappa shape index (κ1) is 13.3. The number of hydrogen-bond donors (Lipinski definition) is 2. The molecular formula is C14H17NO2. The molecule has 0 aromatic heterocycles. The van der Waals surface area contributed by atoms with E-state index in [1.807, 2.05) is 31.2 Å². The summed E-state index contributed by atoms with van der Waals surface area (Å²) in [7, 11) is 0. The van der Waals surface area contributed by atoms with Crippen LogP contribution in [-0.4, -0.2) is 17.6 Å². The summed E-state index contributed by atoms with van der Waals surface area (Å²) >= 11 is 0. The summed E-state index contributed by atoms with van der Waals surface area (Å²) in [4.78, 5) is 11.3. The standard InChI is InChI=1S/C14H17NO2/c1-2-4-14(17)15-11-13-8-6-12(7-9-13)5-3-10-16/h6-9,16H,2,4,10-11H2,1H3,(H,15,17). The monoisotopic (exact) mass is 231 g/mol. The highest BCUT2D eigenvalue weighted by atomic mass is 16.2. The van der Waals surface area contributed by atoms with Gasteiger partial charge in [-0.25, -0.2) is 0 Å². The lowest BCUT2D eigenvalue weighted by Gasteiger charge is -2.04. The molecule has 0 aliphatic heterocycles. The smallest absolute Gasteiger partial charge is 0.220 e. The van der Waals surface area contributed by atoms with E-state index in [1.54, 1.807) is 0 Å². The molecule has 90 valence electrons. The van der Waals surface area contributed by atoms with E-state index in [0.29, 0.717) is 13.0 Å². The van der Waals surface area contributed by atoms with E-state index < -0.39 is 0 Å². The van der Waals surface area contributed by atoms with Crippen LogP contribution in [0.3, 0.4) is 0 Å².